The predicted molar refractivity (Wildman–Crippen MR) is 123 cm³/mol. The number of anilines is 2. The summed E-state index contributed by atoms with van der Waals surface area (Å²) in [5.74, 6) is -1.45. The van der Waals surface area contributed by atoms with Crippen LogP contribution < -0.4 is 15.5 Å². The number of pyridine rings is 1. The Morgan fingerprint density at radius 1 is 1.09 bits per heavy atom. The number of aromatic nitrogens is 3. The number of piperazine rings is 1. The third kappa shape index (κ3) is 4.99. The largest absolute Gasteiger partial charge is 0.508 e. The molecule has 1 saturated heterocycles. The van der Waals surface area contributed by atoms with Gasteiger partial charge in [-0.1, -0.05) is 0 Å². The van der Waals surface area contributed by atoms with Crippen LogP contribution in [0.2, 0.25) is 0 Å². The number of imide groups is 1. The number of hydrogen-bond donors (Lipinski definition) is 3. The summed E-state index contributed by atoms with van der Waals surface area (Å²) >= 11 is 0. The number of aromatic hydroxyl groups is 1. The molecule has 1 fully saturated rings. The molecular formula is C22H24F3N7O3. The zero-order valence-electron chi connectivity index (χ0n) is 19.3. The molecule has 1 aliphatic rings. The number of alkyl halides is 3. The van der Waals surface area contributed by atoms with E-state index in [1.807, 2.05) is 11.9 Å². The maximum atomic E-state index is 13.1. The molecule has 186 valence electrons. The van der Waals surface area contributed by atoms with Crippen molar-refractivity contribution in [3.63, 3.8) is 0 Å². The van der Waals surface area contributed by atoms with Gasteiger partial charge in [-0.15, -0.1) is 0 Å². The van der Waals surface area contributed by atoms with Crippen LogP contribution in [-0.2, 0) is 13.2 Å². The summed E-state index contributed by atoms with van der Waals surface area (Å²) in [7, 11) is 3.74. The average Bonchev–Trinajstić information content (AvgIpc) is 3.06. The van der Waals surface area contributed by atoms with Gasteiger partial charge in [0.1, 0.15) is 5.75 Å². The first kappa shape index (κ1) is 24.3. The Hall–Kier alpha value is -3.87. The Labute approximate surface area is 198 Å². The zero-order valence-corrected chi connectivity index (χ0v) is 19.3. The van der Waals surface area contributed by atoms with Crippen molar-refractivity contribution < 1.29 is 27.9 Å². The summed E-state index contributed by atoms with van der Waals surface area (Å²) in [6, 6.07) is 1.09. The average molecular weight is 491 g/mol. The van der Waals surface area contributed by atoms with Crippen molar-refractivity contribution in [2.45, 2.75) is 13.1 Å². The van der Waals surface area contributed by atoms with Crippen LogP contribution in [0.3, 0.4) is 0 Å². The van der Waals surface area contributed by atoms with Crippen molar-refractivity contribution in [1.29, 1.82) is 0 Å². The van der Waals surface area contributed by atoms with Gasteiger partial charge in [-0.3, -0.25) is 14.8 Å². The van der Waals surface area contributed by atoms with Crippen molar-refractivity contribution in [2.75, 3.05) is 43.4 Å². The monoisotopic (exact) mass is 491 g/mol. The third-order valence-electron chi connectivity index (χ3n) is 5.79. The summed E-state index contributed by atoms with van der Waals surface area (Å²) in [5, 5.41) is 19.0. The second-order valence-corrected chi connectivity index (χ2v) is 8.39. The second-order valence-electron chi connectivity index (χ2n) is 8.39. The molecule has 1 aliphatic heterocycles. The van der Waals surface area contributed by atoms with E-state index in [1.165, 1.54) is 6.20 Å². The molecule has 0 bridgehead atoms. The molecule has 0 saturated carbocycles. The number of nitrogens with zero attached hydrogens (tertiary/aromatic N) is 5. The predicted octanol–water partition coefficient (Wildman–Crippen LogP) is 2.71. The summed E-state index contributed by atoms with van der Waals surface area (Å²) < 4.78 is 40.6. The van der Waals surface area contributed by atoms with Gasteiger partial charge in [0.15, 0.2) is 5.65 Å². The van der Waals surface area contributed by atoms with Gasteiger partial charge in [0.05, 0.1) is 27.9 Å². The fraction of sp³-hybridized carbons (Fsp3) is 0.364. The summed E-state index contributed by atoms with van der Waals surface area (Å²) in [5.41, 5.74) is 0.520. The van der Waals surface area contributed by atoms with E-state index in [9.17, 15) is 27.9 Å². The SMILES string of the molecule is Cc1nn(C)c2ncc(C(=O)NC(=O)Nc3cc(O)cc(C(F)(F)F)c3)c(N3CCN(C)CC3)c12. The highest BCUT2D eigenvalue weighted by Crippen LogP contribution is 2.34. The first-order chi connectivity index (χ1) is 16.4. The molecule has 10 nitrogen and oxygen atoms in total. The van der Waals surface area contributed by atoms with Crippen molar-refractivity contribution in [2.24, 2.45) is 7.05 Å². The van der Waals surface area contributed by atoms with Gasteiger partial charge in [-0.2, -0.15) is 18.3 Å². The molecule has 3 aromatic rings. The minimum Gasteiger partial charge on any atom is -0.508 e. The van der Waals surface area contributed by atoms with E-state index in [-0.39, 0.29) is 11.3 Å². The summed E-state index contributed by atoms with van der Waals surface area (Å²) in [6.07, 6.45) is -3.36. The lowest BCUT2D eigenvalue weighted by Gasteiger charge is -2.35. The quantitative estimate of drug-likeness (QED) is 0.516. The van der Waals surface area contributed by atoms with Gasteiger partial charge in [0.25, 0.3) is 5.91 Å². The van der Waals surface area contributed by atoms with Gasteiger partial charge < -0.3 is 20.2 Å². The van der Waals surface area contributed by atoms with Gasteiger partial charge in [-0.05, 0) is 26.1 Å². The van der Waals surface area contributed by atoms with Crippen LogP contribution in [0.4, 0.5) is 29.3 Å². The molecule has 35 heavy (non-hydrogen) atoms. The van der Waals surface area contributed by atoms with E-state index in [4.69, 9.17) is 0 Å². The van der Waals surface area contributed by atoms with Crippen LogP contribution >= 0.6 is 0 Å². The Morgan fingerprint density at radius 2 is 1.77 bits per heavy atom. The highest BCUT2D eigenvalue weighted by molar-refractivity contribution is 6.13. The number of hydrogen-bond acceptors (Lipinski definition) is 7. The van der Waals surface area contributed by atoms with Gasteiger partial charge in [0.2, 0.25) is 0 Å². The minimum atomic E-state index is -4.72. The van der Waals surface area contributed by atoms with Crippen molar-refractivity contribution in [3.05, 3.63) is 41.2 Å². The van der Waals surface area contributed by atoms with E-state index in [0.29, 0.717) is 47.6 Å². The number of phenolic OH excluding ortho intramolecular Hbond substituents is 1. The molecule has 4 rings (SSSR count). The van der Waals surface area contributed by atoms with E-state index in [0.717, 1.165) is 19.2 Å². The molecule has 0 unspecified atom stereocenters. The van der Waals surface area contributed by atoms with Crippen LogP contribution in [0, 0.1) is 6.92 Å². The molecule has 13 heteroatoms. The second kappa shape index (κ2) is 9.06. The number of carbonyl (C=O) groups excluding carboxylic acids is 2. The van der Waals surface area contributed by atoms with Crippen LogP contribution in [-0.4, -0.2) is 69.9 Å². The number of carbonyl (C=O) groups is 2. The van der Waals surface area contributed by atoms with Crippen LogP contribution in [0.1, 0.15) is 21.6 Å². The van der Waals surface area contributed by atoms with Crippen molar-refractivity contribution >= 4 is 34.3 Å². The highest BCUT2D eigenvalue weighted by Gasteiger charge is 2.32. The van der Waals surface area contributed by atoms with Crippen LogP contribution in [0.25, 0.3) is 11.0 Å². The molecule has 0 atom stereocenters. The lowest BCUT2D eigenvalue weighted by molar-refractivity contribution is -0.137. The molecule has 3 amide bonds. The van der Waals surface area contributed by atoms with Gasteiger partial charge in [0, 0.05) is 51.2 Å². The van der Waals surface area contributed by atoms with E-state index in [1.54, 1.807) is 18.7 Å². The Bertz CT molecular complexity index is 1300. The third-order valence-corrected chi connectivity index (χ3v) is 5.79. The Balaban J connectivity index is 1.63. The highest BCUT2D eigenvalue weighted by atomic mass is 19.4. The number of amides is 3. The Kier molecular flexibility index (Phi) is 6.28. The number of nitrogens with one attached hydrogen (secondary N) is 2. The first-order valence-corrected chi connectivity index (χ1v) is 10.7. The molecule has 0 spiro atoms. The molecule has 2 aromatic heterocycles. The number of halogens is 3. The number of phenols is 1. The van der Waals surface area contributed by atoms with Crippen LogP contribution in [0.15, 0.2) is 24.4 Å². The van der Waals surface area contributed by atoms with Crippen molar-refractivity contribution in [3.8, 4) is 5.75 Å². The number of fused-ring (bicyclic) bond motifs is 1. The lowest BCUT2D eigenvalue weighted by atomic mass is 10.1. The molecule has 0 radical (unpaired) electrons. The van der Waals surface area contributed by atoms with Gasteiger partial charge >= 0.3 is 12.2 Å². The number of aryl methyl sites for hydroxylation is 2. The van der Waals surface area contributed by atoms with Gasteiger partial charge in [-0.25, -0.2) is 9.78 Å². The molecular weight excluding hydrogens is 467 g/mol. The molecule has 0 aliphatic carbocycles. The minimum absolute atomic E-state index is 0.139. The standard InChI is InChI=1S/C22H24F3N7O3/c1-12-17-18(32-6-4-30(2)5-7-32)16(11-26-19(17)31(3)29-12)20(34)28-21(35)27-14-8-13(22(23,24)25)9-15(33)10-14/h8-11,33H,4-7H2,1-3H3,(H2,27,28,34,35). The normalized spacial score (nSPS) is 14.9. The Morgan fingerprint density at radius 3 is 2.43 bits per heavy atom. The van der Waals surface area contributed by atoms with Crippen LogP contribution in [0.5, 0.6) is 5.75 Å². The number of rotatable bonds is 3. The summed E-state index contributed by atoms with van der Waals surface area (Å²) in [4.78, 5) is 34.1. The maximum Gasteiger partial charge on any atom is 0.416 e. The fourth-order valence-electron chi connectivity index (χ4n) is 4.10. The van der Waals surface area contributed by atoms with Crippen molar-refractivity contribution in [1.82, 2.24) is 25.0 Å². The molecule has 1 aromatic carbocycles. The number of benzene rings is 1. The topological polar surface area (TPSA) is 116 Å². The zero-order chi connectivity index (χ0) is 25.5. The van der Waals surface area contributed by atoms with E-state index >= 15 is 0 Å². The molecule has 3 N–H and O–H groups in total. The maximum absolute atomic E-state index is 13.1. The lowest BCUT2D eigenvalue weighted by Crippen LogP contribution is -2.45. The van der Waals surface area contributed by atoms with E-state index in [2.05, 4.69) is 25.6 Å². The smallest absolute Gasteiger partial charge is 0.416 e. The fourth-order valence-corrected chi connectivity index (χ4v) is 4.10. The number of urea groups is 1. The first-order valence-electron chi connectivity index (χ1n) is 10.7. The summed E-state index contributed by atoms with van der Waals surface area (Å²) in [6.45, 7) is 4.62. The molecule has 3 heterocycles. The van der Waals surface area contributed by atoms with E-state index < -0.39 is 29.4 Å². The number of likely N-dealkylation sites (N-methyl/N-ethyl adjacent to an activating group) is 1.